The molecule has 3 N–H and O–H groups in total. The van der Waals surface area contributed by atoms with Crippen molar-refractivity contribution in [2.24, 2.45) is 5.84 Å². The largest absolute Gasteiger partial charge is 0.271 e. The van der Waals surface area contributed by atoms with Crippen LogP contribution >= 0.6 is 0 Å². The van der Waals surface area contributed by atoms with Crippen molar-refractivity contribution in [2.45, 2.75) is 33.2 Å². The minimum absolute atomic E-state index is 0.0513. The minimum atomic E-state index is 0.0513. The van der Waals surface area contributed by atoms with Gasteiger partial charge in [-0.25, -0.2) is 5.43 Å². The highest BCUT2D eigenvalue weighted by Gasteiger charge is 2.15. The summed E-state index contributed by atoms with van der Waals surface area (Å²) in [6.45, 7) is 6.44. The summed E-state index contributed by atoms with van der Waals surface area (Å²) in [5.41, 5.74) is 9.37. The van der Waals surface area contributed by atoms with Crippen molar-refractivity contribution < 1.29 is 0 Å². The molecule has 0 bridgehead atoms. The van der Waals surface area contributed by atoms with Gasteiger partial charge in [-0.2, -0.15) is 0 Å². The van der Waals surface area contributed by atoms with Crippen LogP contribution in [0.1, 0.15) is 40.8 Å². The molecule has 2 heteroatoms. The van der Waals surface area contributed by atoms with Crippen LogP contribution in [0.4, 0.5) is 0 Å². The molecule has 0 saturated heterocycles. The second kappa shape index (κ2) is 6.00. The third kappa shape index (κ3) is 2.86. The molecule has 0 aromatic heterocycles. The van der Waals surface area contributed by atoms with Crippen LogP contribution < -0.4 is 11.3 Å². The first-order chi connectivity index (χ1) is 9.17. The molecule has 0 saturated carbocycles. The van der Waals surface area contributed by atoms with Crippen LogP contribution in [-0.4, -0.2) is 0 Å². The van der Waals surface area contributed by atoms with Crippen LogP contribution in [0.5, 0.6) is 0 Å². The van der Waals surface area contributed by atoms with Crippen LogP contribution in [0.3, 0.4) is 0 Å². The zero-order valence-corrected chi connectivity index (χ0v) is 11.9. The Bertz CT molecular complexity index is 561. The number of rotatable bonds is 4. The first-order valence-electron chi connectivity index (χ1n) is 6.78. The molecule has 2 aromatic carbocycles. The van der Waals surface area contributed by atoms with Gasteiger partial charge in [0.15, 0.2) is 0 Å². The summed E-state index contributed by atoms with van der Waals surface area (Å²) in [6, 6.07) is 15.0. The zero-order chi connectivity index (χ0) is 13.8. The van der Waals surface area contributed by atoms with E-state index in [9.17, 15) is 0 Å². The maximum Gasteiger partial charge on any atom is 0.0712 e. The Morgan fingerprint density at radius 3 is 2.42 bits per heavy atom. The Labute approximate surface area is 115 Å². The number of hydrogen-bond donors (Lipinski definition) is 2. The quantitative estimate of drug-likeness (QED) is 0.648. The fourth-order valence-electron chi connectivity index (χ4n) is 2.45. The van der Waals surface area contributed by atoms with Gasteiger partial charge in [0.1, 0.15) is 0 Å². The van der Waals surface area contributed by atoms with Gasteiger partial charge in [0.2, 0.25) is 0 Å². The first kappa shape index (κ1) is 13.8. The molecule has 100 valence electrons. The summed E-state index contributed by atoms with van der Waals surface area (Å²) in [6.07, 6.45) is 1.01. The first-order valence-corrected chi connectivity index (χ1v) is 6.78. The van der Waals surface area contributed by atoms with Crippen molar-refractivity contribution in [3.05, 3.63) is 70.3 Å². The molecular weight excluding hydrogens is 232 g/mol. The molecule has 0 aliphatic carbocycles. The number of hydrogen-bond acceptors (Lipinski definition) is 2. The standard InChI is InChI=1S/C17H22N2/c1-4-14-7-5-6-8-16(14)17(19-18)15-10-9-12(2)13(3)11-15/h5-11,17,19H,4,18H2,1-3H3. The lowest BCUT2D eigenvalue weighted by Crippen LogP contribution is -2.29. The Morgan fingerprint density at radius 2 is 1.79 bits per heavy atom. The highest BCUT2D eigenvalue weighted by molar-refractivity contribution is 5.40. The fraction of sp³-hybridized carbons (Fsp3) is 0.294. The molecule has 1 atom stereocenters. The second-order valence-electron chi connectivity index (χ2n) is 5.00. The number of nitrogens with two attached hydrogens (primary N) is 1. The molecule has 1 unspecified atom stereocenters. The zero-order valence-electron chi connectivity index (χ0n) is 11.9. The lowest BCUT2D eigenvalue weighted by atomic mass is 9.92. The number of aryl methyl sites for hydroxylation is 3. The predicted molar refractivity (Wildman–Crippen MR) is 80.9 cm³/mol. The van der Waals surface area contributed by atoms with Crippen molar-refractivity contribution in [1.29, 1.82) is 0 Å². The van der Waals surface area contributed by atoms with E-state index in [-0.39, 0.29) is 6.04 Å². The lowest BCUT2D eigenvalue weighted by Gasteiger charge is -2.20. The number of hydrazine groups is 1. The highest BCUT2D eigenvalue weighted by Crippen LogP contribution is 2.26. The smallest absolute Gasteiger partial charge is 0.0712 e. The average molecular weight is 254 g/mol. The van der Waals surface area contributed by atoms with Crippen LogP contribution in [-0.2, 0) is 6.42 Å². The van der Waals surface area contributed by atoms with Crippen molar-refractivity contribution in [3.8, 4) is 0 Å². The van der Waals surface area contributed by atoms with E-state index in [0.29, 0.717) is 0 Å². The summed E-state index contributed by atoms with van der Waals surface area (Å²) in [5, 5.41) is 0. The Balaban J connectivity index is 2.46. The maximum absolute atomic E-state index is 5.80. The van der Waals surface area contributed by atoms with E-state index in [0.717, 1.165) is 6.42 Å². The van der Waals surface area contributed by atoms with Crippen molar-refractivity contribution in [2.75, 3.05) is 0 Å². The molecule has 2 aromatic rings. The van der Waals surface area contributed by atoms with Gasteiger partial charge in [-0.05, 0) is 48.1 Å². The third-order valence-corrected chi connectivity index (χ3v) is 3.78. The van der Waals surface area contributed by atoms with Gasteiger partial charge in [0, 0.05) is 0 Å². The van der Waals surface area contributed by atoms with E-state index < -0.39 is 0 Å². The van der Waals surface area contributed by atoms with Crippen molar-refractivity contribution >= 4 is 0 Å². The maximum atomic E-state index is 5.80. The van der Waals surface area contributed by atoms with E-state index >= 15 is 0 Å². The summed E-state index contributed by atoms with van der Waals surface area (Å²) in [7, 11) is 0. The Hall–Kier alpha value is -1.64. The highest BCUT2D eigenvalue weighted by atomic mass is 15.2. The molecule has 0 radical (unpaired) electrons. The van der Waals surface area contributed by atoms with Crippen LogP contribution in [0.2, 0.25) is 0 Å². The molecule has 0 fully saturated rings. The minimum Gasteiger partial charge on any atom is -0.271 e. The van der Waals surface area contributed by atoms with E-state index in [1.165, 1.54) is 27.8 Å². The molecule has 0 aliphatic rings. The van der Waals surface area contributed by atoms with Gasteiger partial charge in [-0.15, -0.1) is 0 Å². The average Bonchev–Trinajstić information content (AvgIpc) is 2.44. The topological polar surface area (TPSA) is 38.0 Å². The van der Waals surface area contributed by atoms with Gasteiger partial charge in [-0.1, -0.05) is 49.4 Å². The Morgan fingerprint density at radius 1 is 1.05 bits per heavy atom. The molecule has 2 nitrogen and oxygen atoms in total. The van der Waals surface area contributed by atoms with Gasteiger partial charge >= 0.3 is 0 Å². The molecule has 0 amide bonds. The second-order valence-corrected chi connectivity index (χ2v) is 5.00. The van der Waals surface area contributed by atoms with Crippen molar-refractivity contribution in [3.63, 3.8) is 0 Å². The number of benzene rings is 2. The van der Waals surface area contributed by atoms with E-state index in [4.69, 9.17) is 5.84 Å². The summed E-state index contributed by atoms with van der Waals surface area (Å²) in [5.74, 6) is 5.80. The predicted octanol–water partition coefficient (Wildman–Crippen LogP) is 3.42. The van der Waals surface area contributed by atoms with Gasteiger partial charge in [0.05, 0.1) is 6.04 Å². The van der Waals surface area contributed by atoms with Crippen LogP contribution in [0.15, 0.2) is 42.5 Å². The Kier molecular flexibility index (Phi) is 4.35. The van der Waals surface area contributed by atoms with Gasteiger partial charge < -0.3 is 0 Å². The normalized spacial score (nSPS) is 12.4. The summed E-state index contributed by atoms with van der Waals surface area (Å²) in [4.78, 5) is 0. The fourth-order valence-corrected chi connectivity index (χ4v) is 2.45. The molecule has 2 rings (SSSR count). The third-order valence-electron chi connectivity index (χ3n) is 3.78. The molecule has 19 heavy (non-hydrogen) atoms. The van der Waals surface area contributed by atoms with Crippen molar-refractivity contribution in [1.82, 2.24) is 5.43 Å². The molecular formula is C17H22N2. The molecule has 0 spiro atoms. The van der Waals surface area contributed by atoms with Crippen LogP contribution in [0, 0.1) is 13.8 Å². The lowest BCUT2D eigenvalue weighted by molar-refractivity contribution is 0.631. The van der Waals surface area contributed by atoms with E-state index in [1.807, 2.05) is 0 Å². The summed E-state index contributed by atoms with van der Waals surface area (Å²) < 4.78 is 0. The van der Waals surface area contributed by atoms with E-state index in [1.54, 1.807) is 0 Å². The van der Waals surface area contributed by atoms with Gasteiger partial charge in [0.25, 0.3) is 0 Å². The van der Waals surface area contributed by atoms with E-state index in [2.05, 4.69) is 68.7 Å². The molecule has 0 heterocycles. The monoisotopic (exact) mass is 254 g/mol. The SMILES string of the molecule is CCc1ccccc1C(NN)c1ccc(C)c(C)c1. The molecule has 0 aliphatic heterocycles. The summed E-state index contributed by atoms with van der Waals surface area (Å²) >= 11 is 0. The van der Waals surface area contributed by atoms with Crippen LogP contribution in [0.25, 0.3) is 0 Å². The van der Waals surface area contributed by atoms with Gasteiger partial charge in [-0.3, -0.25) is 5.84 Å². The number of nitrogens with one attached hydrogen (secondary N) is 1.